The van der Waals surface area contributed by atoms with Crippen molar-refractivity contribution in [1.29, 1.82) is 0 Å². The number of hydrogen-bond acceptors (Lipinski definition) is 4. The monoisotopic (exact) mass is 325 g/mol. The highest BCUT2D eigenvalue weighted by molar-refractivity contribution is 5.94. The van der Waals surface area contributed by atoms with Crippen LogP contribution in [0.1, 0.15) is 13.3 Å². The summed E-state index contributed by atoms with van der Waals surface area (Å²) in [5, 5.41) is 3.77. The summed E-state index contributed by atoms with van der Waals surface area (Å²) in [6, 6.07) is 13.2. The van der Waals surface area contributed by atoms with Crippen LogP contribution in [0.25, 0.3) is 22.3 Å². The van der Waals surface area contributed by atoms with E-state index in [-0.39, 0.29) is 5.91 Å². The van der Waals surface area contributed by atoms with Gasteiger partial charge < -0.3 is 19.2 Å². The molecule has 0 aliphatic rings. The molecule has 0 unspecified atom stereocenters. The maximum atomic E-state index is 11.5. The van der Waals surface area contributed by atoms with Gasteiger partial charge in [0.05, 0.1) is 14.2 Å². The quantitative estimate of drug-likeness (QED) is 0.752. The third-order valence-corrected chi connectivity index (χ3v) is 3.79. The molecule has 3 rings (SSSR count). The Hall–Kier alpha value is -2.95. The van der Waals surface area contributed by atoms with Crippen LogP contribution in [0.4, 0.5) is 5.69 Å². The molecule has 1 aromatic heterocycles. The first-order valence-electron chi connectivity index (χ1n) is 7.70. The average Bonchev–Trinajstić information content (AvgIpc) is 3.04. The molecule has 2 aromatic carbocycles. The van der Waals surface area contributed by atoms with E-state index in [2.05, 4.69) is 5.32 Å². The third-order valence-electron chi connectivity index (χ3n) is 3.79. The molecule has 1 N–H and O–H groups in total. The molecule has 5 heteroatoms. The Bertz CT molecular complexity index is 882. The van der Waals surface area contributed by atoms with Crippen molar-refractivity contribution in [2.24, 2.45) is 0 Å². The number of anilines is 1. The predicted octanol–water partition coefficient (Wildman–Crippen LogP) is 4.47. The van der Waals surface area contributed by atoms with Gasteiger partial charge in [0.2, 0.25) is 5.91 Å². The summed E-state index contributed by atoms with van der Waals surface area (Å²) >= 11 is 0. The number of carbonyl (C=O) groups is 1. The van der Waals surface area contributed by atoms with Gasteiger partial charge in [-0.25, -0.2) is 0 Å². The Morgan fingerprint density at radius 2 is 1.83 bits per heavy atom. The number of carbonyl (C=O) groups excluding carboxylic acids is 1. The van der Waals surface area contributed by atoms with Crippen molar-refractivity contribution < 1.29 is 18.7 Å². The summed E-state index contributed by atoms with van der Waals surface area (Å²) in [4.78, 5) is 11.5. The van der Waals surface area contributed by atoms with Gasteiger partial charge in [-0.05, 0) is 42.5 Å². The van der Waals surface area contributed by atoms with Crippen molar-refractivity contribution in [3.05, 3.63) is 42.5 Å². The number of fused-ring (bicyclic) bond motifs is 1. The normalized spacial score (nSPS) is 10.6. The highest BCUT2D eigenvalue weighted by Gasteiger charge is 2.11. The standard InChI is InChI=1S/C19H19NO4/c1-4-19(21)20-14-6-8-15-13(9-14)11-17(24-15)12-5-7-16(22-2)18(10-12)23-3/h5-11H,4H2,1-3H3,(H,20,21). The van der Waals surface area contributed by atoms with Gasteiger partial charge in [0, 0.05) is 23.1 Å². The highest BCUT2D eigenvalue weighted by Crippen LogP contribution is 2.35. The number of methoxy groups -OCH3 is 2. The molecule has 0 saturated heterocycles. The molecule has 1 amide bonds. The van der Waals surface area contributed by atoms with Gasteiger partial charge >= 0.3 is 0 Å². The smallest absolute Gasteiger partial charge is 0.224 e. The zero-order valence-corrected chi connectivity index (χ0v) is 13.9. The summed E-state index contributed by atoms with van der Waals surface area (Å²) in [5.74, 6) is 2.02. The molecule has 3 aromatic rings. The van der Waals surface area contributed by atoms with Crippen LogP contribution in [0.3, 0.4) is 0 Å². The molecule has 24 heavy (non-hydrogen) atoms. The van der Waals surface area contributed by atoms with Crippen LogP contribution >= 0.6 is 0 Å². The molecule has 0 aliphatic heterocycles. The molecule has 1 heterocycles. The molecule has 0 aliphatic carbocycles. The lowest BCUT2D eigenvalue weighted by Crippen LogP contribution is -2.08. The lowest BCUT2D eigenvalue weighted by atomic mass is 10.1. The van der Waals surface area contributed by atoms with Crippen molar-refractivity contribution in [2.45, 2.75) is 13.3 Å². The summed E-state index contributed by atoms with van der Waals surface area (Å²) < 4.78 is 16.5. The minimum atomic E-state index is -0.0158. The molecule has 0 fully saturated rings. The lowest BCUT2D eigenvalue weighted by Gasteiger charge is -2.08. The van der Waals surface area contributed by atoms with Crippen molar-refractivity contribution in [1.82, 2.24) is 0 Å². The maximum absolute atomic E-state index is 11.5. The first kappa shape index (κ1) is 15.9. The zero-order valence-electron chi connectivity index (χ0n) is 13.9. The van der Waals surface area contributed by atoms with Crippen LogP contribution in [0.15, 0.2) is 46.9 Å². The first-order valence-corrected chi connectivity index (χ1v) is 7.70. The Morgan fingerprint density at radius 1 is 1.04 bits per heavy atom. The Balaban J connectivity index is 1.97. The summed E-state index contributed by atoms with van der Waals surface area (Å²) in [6.07, 6.45) is 0.445. The van der Waals surface area contributed by atoms with Crippen LogP contribution < -0.4 is 14.8 Å². The van der Waals surface area contributed by atoms with Crippen molar-refractivity contribution in [3.8, 4) is 22.8 Å². The van der Waals surface area contributed by atoms with Gasteiger partial charge in [0.1, 0.15) is 11.3 Å². The Morgan fingerprint density at radius 3 is 2.54 bits per heavy atom. The lowest BCUT2D eigenvalue weighted by molar-refractivity contribution is -0.115. The topological polar surface area (TPSA) is 60.7 Å². The molecule has 124 valence electrons. The zero-order chi connectivity index (χ0) is 17.1. The second-order valence-electron chi connectivity index (χ2n) is 5.33. The molecule has 5 nitrogen and oxygen atoms in total. The van der Waals surface area contributed by atoms with Crippen LogP contribution in [0.5, 0.6) is 11.5 Å². The van der Waals surface area contributed by atoms with Gasteiger partial charge in [0.25, 0.3) is 0 Å². The fourth-order valence-corrected chi connectivity index (χ4v) is 2.50. The van der Waals surface area contributed by atoms with Gasteiger partial charge in [-0.15, -0.1) is 0 Å². The van der Waals surface area contributed by atoms with E-state index in [9.17, 15) is 4.79 Å². The fraction of sp³-hybridized carbons (Fsp3) is 0.211. The van der Waals surface area contributed by atoms with Gasteiger partial charge in [-0.2, -0.15) is 0 Å². The van der Waals surface area contributed by atoms with E-state index in [1.165, 1.54) is 0 Å². The Kier molecular flexibility index (Phi) is 4.42. The van der Waals surface area contributed by atoms with Gasteiger partial charge in [-0.3, -0.25) is 4.79 Å². The van der Waals surface area contributed by atoms with Crippen molar-refractivity contribution in [2.75, 3.05) is 19.5 Å². The number of benzene rings is 2. The van der Waals surface area contributed by atoms with Crippen LogP contribution in [0, 0.1) is 0 Å². The maximum Gasteiger partial charge on any atom is 0.224 e. The summed E-state index contributed by atoms with van der Waals surface area (Å²) in [5.41, 5.74) is 2.41. The average molecular weight is 325 g/mol. The number of amides is 1. The van der Waals surface area contributed by atoms with Crippen molar-refractivity contribution >= 4 is 22.6 Å². The van der Waals surface area contributed by atoms with Crippen LogP contribution in [0.2, 0.25) is 0 Å². The minimum absolute atomic E-state index is 0.0158. The number of furan rings is 1. The SMILES string of the molecule is CCC(=O)Nc1ccc2oc(-c3ccc(OC)c(OC)c3)cc2c1. The summed E-state index contributed by atoms with van der Waals surface area (Å²) in [6.45, 7) is 1.82. The predicted molar refractivity (Wildman–Crippen MR) is 93.7 cm³/mol. The van der Waals surface area contributed by atoms with E-state index in [1.807, 2.05) is 49.4 Å². The molecule has 0 atom stereocenters. The number of rotatable bonds is 5. The summed E-state index contributed by atoms with van der Waals surface area (Å²) in [7, 11) is 3.20. The largest absolute Gasteiger partial charge is 0.493 e. The molecular weight excluding hydrogens is 306 g/mol. The van der Waals surface area contributed by atoms with E-state index in [4.69, 9.17) is 13.9 Å². The molecule has 0 saturated carbocycles. The van der Waals surface area contributed by atoms with E-state index < -0.39 is 0 Å². The van der Waals surface area contributed by atoms with E-state index >= 15 is 0 Å². The third kappa shape index (κ3) is 3.06. The number of hydrogen-bond donors (Lipinski definition) is 1. The first-order chi connectivity index (χ1) is 11.6. The minimum Gasteiger partial charge on any atom is -0.493 e. The Labute approximate surface area is 140 Å². The number of ether oxygens (including phenoxy) is 2. The second kappa shape index (κ2) is 6.66. The van der Waals surface area contributed by atoms with E-state index in [0.29, 0.717) is 17.9 Å². The van der Waals surface area contributed by atoms with Gasteiger partial charge in [-0.1, -0.05) is 6.92 Å². The molecule has 0 bridgehead atoms. The van der Waals surface area contributed by atoms with Gasteiger partial charge in [0.15, 0.2) is 11.5 Å². The molecular formula is C19H19NO4. The second-order valence-corrected chi connectivity index (χ2v) is 5.33. The fourth-order valence-electron chi connectivity index (χ4n) is 2.50. The number of nitrogens with one attached hydrogen (secondary N) is 1. The molecule has 0 spiro atoms. The van der Waals surface area contributed by atoms with E-state index in [1.54, 1.807) is 14.2 Å². The van der Waals surface area contributed by atoms with Crippen LogP contribution in [-0.4, -0.2) is 20.1 Å². The highest BCUT2D eigenvalue weighted by atomic mass is 16.5. The van der Waals surface area contributed by atoms with Crippen LogP contribution in [-0.2, 0) is 4.79 Å². The molecule has 0 radical (unpaired) electrons. The van der Waals surface area contributed by atoms with Crippen molar-refractivity contribution in [3.63, 3.8) is 0 Å². The van der Waals surface area contributed by atoms with E-state index in [0.717, 1.165) is 28.0 Å².